The van der Waals surface area contributed by atoms with Crippen LogP contribution >= 0.6 is 0 Å². The van der Waals surface area contributed by atoms with Crippen LogP contribution in [0, 0.1) is 17.8 Å². The summed E-state index contributed by atoms with van der Waals surface area (Å²) in [6, 6.07) is 0.640. The minimum Gasteiger partial charge on any atom is -0.355 e. The van der Waals surface area contributed by atoms with Crippen molar-refractivity contribution in [2.75, 3.05) is 33.2 Å². The molecule has 1 aliphatic carbocycles. The zero-order valence-corrected chi connectivity index (χ0v) is 12.9. The molecule has 0 bridgehead atoms. The third kappa shape index (κ3) is 4.68. The Morgan fingerprint density at radius 3 is 2.32 bits per heavy atom. The van der Waals surface area contributed by atoms with Crippen molar-refractivity contribution in [1.82, 2.24) is 15.5 Å². The van der Waals surface area contributed by atoms with E-state index in [4.69, 9.17) is 0 Å². The summed E-state index contributed by atoms with van der Waals surface area (Å²) in [5.74, 6) is 3.46. The fraction of sp³-hybridized carbons (Fsp3) is 0.933. The fourth-order valence-electron chi connectivity index (χ4n) is 3.20. The molecule has 4 unspecified atom stereocenters. The van der Waals surface area contributed by atoms with Crippen molar-refractivity contribution in [3.05, 3.63) is 0 Å². The summed E-state index contributed by atoms with van der Waals surface area (Å²) in [5, 5.41) is 6.90. The Bertz CT molecular complexity index is 305. The van der Waals surface area contributed by atoms with Crippen LogP contribution in [0.5, 0.6) is 0 Å². The lowest BCUT2D eigenvalue weighted by Crippen LogP contribution is -2.45. The van der Waals surface area contributed by atoms with Gasteiger partial charge in [0.2, 0.25) is 0 Å². The number of aliphatic imine (C=N–C) groups is 1. The maximum absolute atomic E-state index is 4.29. The second kappa shape index (κ2) is 6.60. The van der Waals surface area contributed by atoms with E-state index in [-0.39, 0.29) is 0 Å². The van der Waals surface area contributed by atoms with Gasteiger partial charge in [0.05, 0.1) is 0 Å². The Kier molecular flexibility index (Phi) is 5.08. The van der Waals surface area contributed by atoms with E-state index < -0.39 is 0 Å². The summed E-state index contributed by atoms with van der Waals surface area (Å²) in [4.78, 5) is 6.87. The van der Waals surface area contributed by atoms with Gasteiger partial charge in [0.25, 0.3) is 0 Å². The smallest absolute Gasteiger partial charge is 0.191 e. The maximum Gasteiger partial charge on any atom is 0.191 e. The van der Waals surface area contributed by atoms with Gasteiger partial charge in [-0.2, -0.15) is 0 Å². The normalized spacial score (nSPS) is 36.1. The molecular formula is C15H30N4. The quantitative estimate of drug-likeness (QED) is 0.599. The minimum atomic E-state index is 0.640. The molecule has 0 amide bonds. The van der Waals surface area contributed by atoms with Crippen LogP contribution in [-0.2, 0) is 0 Å². The highest BCUT2D eigenvalue weighted by Gasteiger charge is 2.33. The Morgan fingerprint density at radius 2 is 1.79 bits per heavy atom. The van der Waals surface area contributed by atoms with Gasteiger partial charge in [0.15, 0.2) is 5.96 Å². The van der Waals surface area contributed by atoms with E-state index in [1.165, 1.54) is 25.9 Å². The standard InChI is InChI=1S/C15H30N4/c1-11-7-12(2)10-19(9-11)6-5-17-15(16-4)18-14-8-13(14)3/h11-14H,5-10H2,1-4H3,(H2,16,17,18). The largest absolute Gasteiger partial charge is 0.355 e. The van der Waals surface area contributed by atoms with Gasteiger partial charge in [-0.15, -0.1) is 0 Å². The predicted octanol–water partition coefficient (Wildman–Crippen LogP) is 1.54. The number of rotatable bonds is 4. The zero-order valence-electron chi connectivity index (χ0n) is 12.9. The van der Waals surface area contributed by atoms with Crippen molar-refractivity contribution < 1.29 is 0 Å². The highest BCUT2D eigenvalue weighted by atomic mass is 15.2. The molecule has 0 aromatic heterocycles. The molecule has 2 fully saturated rings. The van der Waals surface area contributed by atoms with Gasteiger partial charge in [0, 0.05) is 39.3 Å². The van der Waals surface area contributed by atoms with Crippen LogP contribution in [0.1, 0.15) is 33.6 Å². The molecule has 2 N–H and O–H groups in total. The Labute approximate surface area is 118 Å². The van der Waals surface area contributed by atoms with E-state index >= 15 is 0 Å². The first-order valence-corrected chi connectivity index (χ1v) is 7.78. The SMILES string of the molecule is CN=C(NCCN1CC(C)CC(C)C1)NC1CC1C. The van der Waals surface area contributed by atoms with Gasteiger partial charge in [-0.05, 0) is 30.6 Å². The van der Waals surface area contributed by atoms with Crippen LogP contribution in [0.2, 0.25) is 0 Å². The van der Waals surface area contributed by atoms with E-state index in [0.717, 1.165) is 36.8 Å². The molecule has 4 heteroatoms. The average Bonchev–Trinajstić information content (AvgIpc) is 3.02. The summed E-state index contributed by atoms with van der Waals surface area (Å²) in [5.41, 5.74) is 0. The summed E-state index contributed by atoms with van der Waals surface area (Å²) < 4.78 is 0. The van der Waals surface area contributed by atoms with Crippen LogP contribution in [0.3, 0.4) is 0 Å². The molecule has 4 atom stereocenters. The summed E-state index contributed by atoms with van der Waals surface area (Å²) in [6.07, 6.45) is 2.66. The first kappa shape index (κ1) is 14.6. The van der Waals surface area contributed by atoms with Crippen LogP contribution in [0.25, 0.3) is 0 Å². The first-order valence-electron chi connectivity index (χ1n) is 7.78. The number of nitrogens with zero attached hydrogens (tertiary/aromatic N) is 2. The molecule has 1 heterocycles. The second-order valence-corrected chi connectivity index (χ2v) is 6.67. The molecule has 0 spiro atoms. The lowest BCUT2D eigenvalue weighted by molar-refractivity contribution is 0.143. The summed E-state index contributed by atoms with van der Waals surface area (Å²) in [7, 11) is 1.85. The van der Waals surface area contributed by atoms with Gasteiger partial charge in [-0.25, -0.2) is 0 Å². The number of guanidine groups is 1. The molecule has 0 radical (unpaired) electrons. The summed E-state index contributed by atoms with van der Waals surface area (Å²) in [6.45, 7) is 11.6. The molecule has 0 aromatic carbocycles. The van der Waals surface area contributed by atoms with Crippen molar-refractivity contribution in [3.8, 4) is 0 Å². The number of likely N-dealkylation sites (tertiary alicyclic amines) is 1. The Balaban J connectivity index is 1.64. The first-order chi connectivity index (χ1) is 9.08. The van der Waals surface area contributed by atoms with Gasteiger partial charge >= 0.3 is 0 Å². The molecule has 2 aliphatic rings. The van der Waals surface area contributed by atoms with Crippen LogP contribution in [-0.4, -0.2) is 50.1 Å². The molecule has 0 aromatic rings. The zero-order chi connectivity index (χ0) is 13.8. The Hall–Kier alpha value is -0.770. The number of piperidine rings is 1. The average molecular weight is 266 g/mol. The second-order valence-electron chi connectivity index (χ2n) is 6.67. The fourth-order valence-corrected chi connectivity index (χ4v) is 3.20. The van der Waals surface area contributed by atoms with Crippen molar-refractivity contribution in [2.45, 2.75) is 39.7 Å². The Morgan fingerprint density at radius 1 is 1.16 bits per heavy atom. The highest BCUT2D eigenvalue weighted by Crippen LogP contribution is 2.28. The minimum absolute atomic E-state index is 0.640. The monoisotopic (exact) mass is 266 g/mol. The number of hydrogen-bond acceptors (Lipinski definition) is 2. The van der Waals surface area contributed by atoms with Gasteiger partial charge < -0.3 is 15.5 Å². The van der Waals surface area contributed by atoms with Crippen molar-refractivity contribution >= 4 is 5.96 Å². The molecule has 19 heavy (non-hydrogen) atoms. The van der Waals surface area contributed by atoms with E-state index in [2.05, 4.69) is 41.3 Å². The summed E-state index contributed by atoms with van der Waals surface area (Å²) >= 11 is 0. The van der Waals surface area contributed by atoms with E-state index in [1.54, 1.807) is 0 Å². The lowest BCUT2D eigenvalue weighted by Gasteiger charge is -2.35. The maximum atomic E-state index is 4.29. The topological polar surface area (TPSA) is 39.7 Å². The predicted molar refractivity (Wildman–Crippen MR) is 81.5 cm³/mol. The van der Waals surface area contributed by atoms with E-state index in [1.807, 2.05) is 7.05 Å². The number of hydrogen-bond donors (Lipinski definition) is 2. The van der Waals surface area contributed by atoms with Crippen molar-refractivity contribution in [3.63, 3.8) is 0 Å². The molecule has 1 saturated heterocycles. The molecule has 4 nitrogen and oxygen atoms in total. The third-order valence-corrected chi connectivity index (χ3v) is 4.32. The molecule has 1 saturated carbocycles. The number of nitrogens with one attached hydrogen (secondary N) is 2. The van der Waals surface area contributed by atoms with E-state index in [9.17, 15) is 0 Å². The highest BCUT2D eigenvalue weighted by molar-refractivity contribution is 5.80. The molecule has 2 rings (SSSR count). The molecule has 1 aliphatic heterocycles. The van der Waals surface area contributed by atoms with E-state index in [0.29, 0.717) is 6.04 Å². The van der Waals surface area contributed by atoms with Gasteiger partial charge in [0.1, 0.15) is 0 Å². The van der Waals surface area contributed by atoms with Gasteiger partial charge in [-0.3, -0.25) is 4.99 Å². The van der Waals surface area contributed by atoms with Crippen LogP contribution in [0.4, 0.5) is 0 Å². The van der Waals surface area contributed by atoms with Crippen molar-refractivity contribution in [2.24, 2.45) is 22.7 Å². The lowest BCUT2D eigenvalue weighted by atomic mass is 9.92. The molecule has 110 valence electrons. The van der Waals surface area contributed by atoms with Crippen LogP contribution < -0.4 is 10.6 Å². The van der Waals surface area contributed by atoms with Crippen LogP contribution in [0.15, 0.2) is 4.99 Å². The molecular weight excluding hydrogens is 236 g/mol. The third-order valence-electron chi connectivity index (χ3n) is 4.32. The van der Waals surface area contributed by atoms with Gasteiger partial charge in [-0.1, -0.05) is 20.8 Å². The van der Waals surface area contributed by atoms with Crippen molar-refractivity contribution in [1.29, 1.82) is 0 Å².